The third kappa shape index (κ3) is 5.35. The first kappa shape index (κ1) is 23.9. The molecule has 36 heavy (non-hydrogen) atoms. The van der Waals surface area contributed by atoms with Crippen LogP contribution in [0.25, 0.3) is 22.0 Å². The second kappa shape index (κ2) is 10.0. The number of nitrogens with zero attached hydrogens (tertiary/aromatic N) is 4. The van der Waals surface area contributed by atoms with E-state index in [0.29, 0.717) is 41.2 Å². The molecule has 186 valence electrons. The van der Waals surface area contributed by atoms with Gasteiger partial charge in [0.05, 0.1) is 13.2 Å². The number of benzene rings is 2. The molecular formula is C25H21F4N5O2. The molecule has 0 atom stereocenters. The van der Waals surface area contributed by atoms with Gasteiger partial charge in [0.2, 0.25) is 5.82 Å². The maximum atomic E-state index is 13.5. The van der Waals surface area contributed by atoms with Gasteiger partial charge in [-0.3, -0.25) is 0 Å². The van der Waals surface area contributed by atoms with Gasteiger partial charge in [0.25, 0.3) is 0 Å². The van der Waals surface area contributed by atoms with Gasteiger partial charge in [-0.05, 0) is 35.4 Å². The Bertz CT molecular complexity index is 1340. The average Bonchev–Trinajstić information content (AvgIpc) is 2.88. The Kier molecular flexibility index (Phi) is 6.64. The van der Waals surface area contributed by atoms with Gasteiger partial charge in [-0.2, -0.15) is 13.2 Å². The summed E-state index contributed by atoms with van der Waals surface area (Å²) in [6.07, 6.45) is 0.472. The van der Waals surface area contributed by atoms with E-state index in [1.807, 2.05) is 12.1 Å². The fourth-order valence-electron chi connectivity index (χ4n) is 3.93. The predicted octanol–water partition coefficient (Wildman–Crippen LogP) is 5.41. The predicted molar refractivity (Wildman–Crippen MR) is 124 cm³/mol. The van der Waals surface area contributed by atoms with E-state index in [0.717, 1.165) is 36.4 Å². The van der Waals surface area contributed by atoms with Crippen LogP contribution in [0.5, 0.6) is 5.75 Å². The SMILES string of the molecule is Fc1ccc(-c2cc(OC3CCOCC3)c3ncnc(NCc4cnc(C(F)(F)F)nc4)c3c2)cc1. The number of fused-ring (bicyclic) bond motifs is 1. The molecule has 0 radical (unpaired) electrons. The lowest BCUT2D eigenvalue weighted by Crippen LogP contribution is -2.26. The Hall–Kier alpha value is -3.86. The van der Waals surface area contributed by atoms with Crippen LogP contribution in [-0.4, -0.2) is 39.3 Å². The number of aromatic nitrogens is 4. The molecule has 0 amide bonds. The molecule has 0 spiro atoms. The fraction of sp³-hybridized carbons (Fsp3) is 0.280. The van der Waals surface area contributed by atoms with Crippen LogP contribution >= 0.6 is 0 Å². The summed E-state index contributed by atoms with van der Waals surface area (Å²) in [7, 11) is 0. The van der Waals surface area contributed by atoms with Crippen molar-refractivity contribution in [2.45, 2.75) is 31.7 Å². The Morgan fingerprint density at radius 3 is 2.36 bits per heavy atom. The van der Waals surface area contributed by atoms with Gasteiger partial charge in [-0.1, -0.05) is 12.1 Å². The summed E-state index contributed by atoms with van der Waals surface area (Å²) in [5, 5.41) is 3.78. The largest absolute Gasteiger partial charge is 0.488 e. The minimum Gasteiger partial charge on any atom is -0.488 e. The van der Waals surface area contributed by atoms with Crippen LogP contribution in [-0.2, 0) is 17.5 Å². The van der Waals surface area contributed by atoms with Gasteiger partial charge in [-0.15, -0.1) is 0 Å². The molecule has 1 N–H and O–H groups in total. The Balaban J connectivity index is 1.49. The smallest absolute Gasteiger partial charge is 0.451 e. The lowest BCUT2D eigenvalue weighted by molar-refractivity contribution is -0.145. The molecule has 1 saturated heterocycles. The molecule has 4 aromatic rings. The molecule has 0 saturated carbocycles. The van der Waals surface area contributed by atoms with Crippen molar-refractivity contribution in [2.75, 3.05) is 18.5 Å². The van der Waals surface area contributed by atoms with E-state index in [1.165, 1.54) is 18.5 Å². The van der Waals surface area contributed by atoms with Crippen molar-refractivity contribution in [2.24, 2.45) is 0 Å². The first-order valence-corrected chi connectivity index (χ1v) is 11.3. The zero-order valence-electron chi connectivity index (χ0n) is 18.9. The molecule has 3 heterocycles. The van der Waals surface area contributed by atoms with Gasteiger partial charge in [0.1, 0.15) is 35.3 Å². The number of halogens is 4. The van der Waals surface area contributed by atoms with E-state index >= 15 is 0 Å². The van der Waals surface area contributed by atoms with E-state index in [4.69, 9.17) is 9.47 Å². The van der Waals surface area contributed by atoms with E-state index in [1.54, 1.807) is 12.1 Å². The Morgan fingerprint density at radius 1 is 0.944 bits per heavy atom. The van der Waals surface area contributed by atoms with Crippen LogP contribution in [0, 0.1) is 5.82 Å². The van der Waals surface area contributed by atoms with E-state index in [2.05, 4.69) is 25.3 Å². The van der Waals surface area contributed by atoms with Gasteiger partial charge < -0.3 is 14.8 Å². The second-order valence-electron chi connectivity index (χ2n) is 8.30. The molecule has 11 heteroatoms. The van der Waals surface area contributed by atoms with Gasteiger partial charge in [0.15, 0.2) is 0 Å². The quantitative estimate of drug-likeness (QED) is 0.355. The molecule has 2 aromatic heterocycles. The summed E-state index contributed by atoms with van der Waals surface area (Å²) in [5.74, 6) is -0.525. The standard InChI is InChI=1S/C25H21F4N5O2/c26-18-3-1-16(2-4-18)17-9-20-22(21(10-17)36-19-5-7-35-8-6-19)33-14-34-23(20)30-11-15-12-31-24(32-13-15)25(27,28)29/h1-4,9-10,12-14,19H,5-8,11H2,(H,30,33,34). The summed E-state index contributed by atoms with van der Waals surface area (Å²) >= 11 is 0. The maximum Gasteiger partial charge on any atom is 0.451 e. The first-order valence-electron chi connectivity index (χ1n) is 11.3. The monoisotopic (exact) mass is 499 g/mol. The van der Waals surface area contributed by atoms with Crippen LogP contribution in [0.4, 0.5) is 23.4 Å². The Labute approximate surface area is 203 Å². The summed E-state index contributed by atoms with van der Waals surface area (Å²) < 4.78 is 63.5. The number of anilines is 1. The number of hydrogen-bond donors (Lipinski definition) is 1. The lowest BCUT2D eigenvalue weighted by Gasteiger charge is -2.24. The minimum atomic E-state index is -4.60. The number of alkyl halides is 3. The lowest BCUT2D eigenvalue weighted by atomic mass is 10.0. The van der Waals surface area contributed by atoms with Gasteiger partial charge in [0, 0.05) is 42.7 Å². The molecular weight excluding hydrogens is 478 g/mol. The van der Waals surface area contributed by atoms with Crippen molar-refractivity contribution >= 4 is 16.7 Å². The number of ether oxygens (including phenoxy) is 2. The highest BCUT2D eigenvalue weighted by Crippen LogP contribution is 2.35. The molecule has 5 rings (SSSR count). The van der Waals surface area contributed by atoms with Crippen molar-refractivity contribution in [3.63, 3.8) is 0 Å². The highest BCUT2D eigenvalue weighted by Gasteiger charge is 2.34. The van der Waals surface area contributed by atoms with Crippen LogP contribution in [0.3, 0.4) is 0 Å². The number of hydrogen-bond acceptors (Lipinski definition) is 7. The molecule has 0 aliphatic carbocycles. The van der Waals surface area contributed by atoms with Crippen LogP contribution < -0.4 is 10.1 Å². The molecule has 1 fully saturated rings. The summed E-state index contributed by atoms with van der Waals surface area (Å²) in [6, 6.07) is 9.83. The number of rotatable bonds is 6. The van der Waals surface area contributed by atoms with Crippen molar-refractivity contribution in [3.8, 4) is 16.9 Å². The zero-order chi connectivity index (χ0) is 25.1. The fourth-order valence-corrected chi connectivity index (χ4v) is 3.93. The van der Waals surface area contributed by atoms with E-state index < -0.39 is 12.0 Å². The average molecular weight is 499 g/mol. The van der Waals surface area contributed by atoms with Crippen molar-refractivity contribution in [1.82, 2.24) is 19.9 Å². The molecule has 1 aliphatic heterocycles. The third-order valence-electron chi connectivity index (χ3n) is 5.76. The normalized spacial score (nSPS) is 14.7. The Morgan fingerprint density at radius 2 is 1.67 bits per heavy atom. The number of nitrogens with one attached hydrogen (secondary N) is 1. The van der Waals surface area contributed by atoms with Crippen LogP contribution in [0.1, 0.15) is 24.2 Å². The summed E-state index contributed by atoms with van der Waals surface area (Å²) in [5.41, 5.74) is 2.58. The molecule has 0 unspecified atom stereocenters. The first-order chi connectivity index (χ1) is 17.4. The third-order valence-corrected chi connectivity index (χ3v) is 5.76. The molecule has 1 aliphatic rings. The van der Waals surface area contributed by atoms with Crippen molar-refractivity contribution in [1.29, 1.82) is 0 Å². The summed E-state index contributed by atoms with van der Waals surface area (Å²) in [6.45, 7) is 1.36. The highest BCUT2D eigenvalue weighted by molar-refractivity contribution is 5.96. The van der Waals surface area contributed by atoms with E-state index in [9.17, 15) is 17.6 Å². The van der Waals surface area contributed by atoms with Gasteiger partial charge in [-0.25, -0.2) is 24.3 Å². The van der Waals surface area contributed by atoms with Crippen LogP contribution in [0.2, 0.25) is 0 Å². The second-order valence-corrected chi connectivity index (χ2v) is 8.30. The zero-order valence-corrected chi connectivity index (χ0v) is 18.9. The molecule has 2 aromatic carbocycles. The molecule has 0 bridgehead atoms. The van der Waals surface area contributed by atoms with Crippen molar-refractivity contribution in [3.05, 3.63) is 72.3 Å². The highest BCUT2D eigenvalue weighted by atomic mass is 19.4. The van der Waals surface area contributed by atoms with Crippen LogP contribution in [0.15, 0.2) is 55.1 Å². The maximum absolute atomic E-state index is 13.5. The summed E-state index contributed by atoms with van der Waals surface area (Å²) in [4.78, 5) is 15.6. The minimum absolute atomic E-state index is 0.0407. The van der Waals surface area contributed by atoms with Crippen molar-refractivity contribution < 1.29 is 27.0 Å². The van der Waals surface area contributed by atoms with Gasteiger partial charge >= 0.3 is 6.18 Å². The van der Waals surface area contributed by atoms with E-state index in [-0.39, 0.29) is 18.5 Å². The topological polar surface area (TPSA) is 82.0 Å². The molecule has 7 nitrogen and oxygen atoms in total.